The first-order valence-electron chi connectivity index (χ1n) is 13.4. The predicted molar refractivity (Wildman–Crippen MR) is 144 cm³/mol. The lowest BCUT2D eigenvalue weighted by atomic mass is 9.95. The van der Waals surface area contributed by atoms with Gasteiger partial charge in [0.15, 0.2) is 0 Å². The molecule has 0 N–H and O–H groups in total. The molecule has 2 aliphatic carbocycles. The lowest BCUT2D eigenvalue weighted by Crippen LogP contribution is -2.56. The van der Waals surface area contributed by atoms with Gasteiger partial charge < -0.3 is 4.90 Å². The molecule has 2 aliphatic heterocycles. The zero-order valence-electron chi connectivity index (χ0n) is 21.7. The number of nitriles is 1. The number of likely N-dealkylation sites (tertiary alicyclic amines) is 1. The Morgan fingerprint density at radius 2 is 1.76 bits per heavy atom. The monoisotopic (exact) mass is 503 g/mol. The van der Waals surface area contributed by atoms with E-state index < -0.39 is 5.54 Å². The zero-order chi connectivity index (χ0) is 26.2. The predicted octanol–water partition coefficient (Wildman–Crippen LogP) is 4.46. The highest BCUT2D eigenvalue weighted by molar-refractivity contribution is 6.17. The number of hydrogen-bond acceptors (Lipinski definition) is 5. The molecule has 7 rings (SSSR count). The molecular formula is C31H29N5O2. The van der Waals surface area contributed by atoms with Gasteiger partial charge in [0.1, 0.15) is 23.1 Å². The number of aromatic nitrogens is 1. The molecule has 2 amide bonds. The van der Waals surface area contributed by atoms with Crippen molar-refractivity contribution in [2.75, 3.05) is 19.6 Å². The normalized spacial score (nSPS) is 20.9. The third kappa shape index (κ3) is 3.62. The van der Waals surface area contributed by atoms with E-state index in [9.17, 15) is 14.9 Å². The third-order valence-corrected chi connectivity index (χ3v) is 8.75. The minimum Gasteiger partial charge on any atom is -0.341 e. The summed E-state index contributed by atoms with van der Waals surface area (Å²) in [6, 6.07) is 18.1. The number of amidine groups is 1. The van der Waals surface area contributed by atoms with E-state index in [2.05, 4.69) is 49.2 Å². The van der Waals surface area contributed by atoms with Crippen molar-refractivity contribution in [1.29, 1.82) is 5.26 Å². The molecule has 0 unspecified atom stereocenters. The van der Waals surface area contributed by atoms with Gasteiger partial charge in [-0.2, -0.15) is 5.26 Å². The number of hydrogen-bond donors (Lipinski definition) is 0. The fourth-order valence-electron chi connectivity index (χ4n) is 5.82. The van der Waals surface area contributed by atoms with Gasteiger partial charge >= 0.3 is 0 Å². The summed E-state index contributed by atoms with van der Waals surface area (Å²) >= 11 is 0. The van der Waals surface area contributed by atoms with Gasteiger partial charge in [0.2, 0.25) is 5.91 Å². The smallest absolute Gasteiger partial charge is 0.256 e. The molecular weight excluding hydrogens is 474 g/mol. The van der Waals surface area contributed by atoms with Crippen LogP contribution in [0, 0.1) is 29.6 Å². The maximum atomic E-state index is 13.4. The molecule has 0 atom stereocenters. The quantitative estimate of drug-likeness (QED) is 0.514. The van der Waals surface area contributed by atoms with Crippen LogP contribution in [0.25, 0.3) is 22.0 Å². The van der Waals surface area contributed by atoms with Crippen LogP contribution in [0.5, 0.6) is 0 Å². The Bertz CT molecular complexity index is 1600. The van der Waals surface area contributed by atoms with Crippen LogP contribution in [-0.2, 0) is 9.59 Å². The average Bonchev–Trinajstić information content (AvgIpc) is 3.82. The van der Waals surface area contributed by atoms with E-state index >= 15 is 0 Å². The van der Waals surface area contributed by atoms with E-state index in [-0.39, 0.29) is 23.1 Å². The van der Waals surface area contributed by atoms with Crippen LogP contribution in [0.3, 0.4) is 0 Å². The van der Waals surface area contributed by atoms with E-state index in [1.807, 2.05) is 28.0 Å². The van der Waals surface area contributed by atoms with Gasteiger partial charge in [-0.15, -0.1) is 0 Å². The maximum absolute atomic E-state index is 13.4. The summed E-state index contributed by atoms with van der Waals surface area (Å²) in [6.07, 6.45) is 3.60. The highest BCUT2D eigenvalue weighted by Gasteiger charge is 2.58. The van der Waals surface area contributed by atoms with Crippen LogP contribution in [0.1, 0.15) is 49.4 Å². The Balaban J connectivity index is 1.14. The van der Waals surface area contributed by atoms with Crippen LogP contribution in [0.2, 0.25) is 0 Å². The molecule has 1 spiro atoms. The van der Waals surface area contributed by atoms with Crippen LogP contribution >= 0.6 is 0 Å². The van der Waals surface area contributed by atoms with Crippen LogP contribution < -0.4 is 0 Å². The molecule has 7 nitrogen and oxygen atoms in total. The van der Waals surface area contributed by atoms with E-state index in [1.54, 1.807) is 6.07 Å². The number of carbonyl (C=O) groups is 2. The third-order valence-electron chi connectivity index (χ3n) is 8.75. The van der Waals surface area contributed by atoms with Crippen molar-refractivity contribution in [3.8, 4) is 17.2 Å². The van der Waals surface area contributed by atoms with E-state index in [0.29, 0.717) is 12.2 Å². The lowest BCUT2D eigenvalue weighted by Gasteiger charge is -2.42. The highest BCUT2D eigenvalue weighted by atomic mass is 16.2. The molecule has 38 heavy (non-hydrogen) atoms. The number of nitrogens with zero attached hydrogens (tertiary/aromatic N) is 5. The molecule has 3 aromatic rings. The fraction of sp³-hybridized carbons (Fsp3) is 0.387. The van der Waals surface area contributed by atoms with Crippen molar-refractivity contribution in [2.24, 2.45) is 16.3 Å². The van der Waals surface area contributed by atoms with Crippen molar-refractivity contribution in [3.05, 3.63) is 65.4 Å². The molecule has 1 aromatic heterocycles. The van der Waals surface area contributed by atoms with E-state index in [4.69, 9.17) is 4.99 Å². The Kier molecular flexibility index (Phi) is 4.85. The van der Waals surface area contributed by atoms with E-state index in [1.165, 1.54) is 0 Å². The summed E-state index contributed by atoms with van der Waals surface area (Å²) in [7, 11) is 0. The number of aryl methyl sites for hydroxylation is 1. The average molecular weight is 504 g/mol. The van der Waals surface area contributed by atoms with E-state index in [0.717, 1.165) is 77.8 Å². The zero-order valence-corrected chi connectivity index (χ0v) is 21.7. The first-order chi connectivity index (χ1) is 18.3. The molecule has 0 radical (unpaired) electrons. The Hall–Kier alpha value is -4.05. The second-order valence-electron chi connectivity index (χ2n) is 11.8. The number of benzene rings is 2. The Morgan fingerprint density at radius 1 is 1.05 bits per heavy atom. The van der Waals surface area contributed by atoms with Gasteiger partial charge in [-0.3, -0.25) is 19.5 Å². The van der Waals surface area contributed by atoms with Crippen molar-refractivity contribution in [2.45, 2.75) is 45.1 Å². The van der Waals surface area contributed by atoms with Gasteiger partial charge in [0.25, 0.3) is 5.91 Å². The number of carbonyl (C=O) groups excluding carboxylic acids is 2. The first-order valence-corrected chi connectivity index (χ1v) is 13.4. The molecule has 2 saturated carbocycles. The Morgan fingerprint density at radius 3 is 2.45 bits per heavy atom. The summed E-state index contributed by atoms with van der Waals surface area (Å²) in [5.74, 6) is 1.44. The second kappa shape index (κ2) is 7.97. The van der Waals surface area contributed by atoms with Gasteiger partial charge in [-0.05, 0) is 67.5 Å². The molecule has 190 valence electrons. The van der Waals surface area contributed by atoms with Crippen LogP contribution in [-0.4, -0.2) is 57.6 Å². The van der Waals surface area contributed by atoms with Gasteiger partial charge in [-0.1, -0.05) is 37.3 Å². The molecule has 7 heteroatoms. The minimum absolute atomic E-state index is 0.115. The largest absolute Gasteiger partial charge is 0.341 e. The number of fused-ring (bicyclic) bond motifs is 1. The molecule has 2 aromatic carbocycles. The molecule has 3 heterocycles. The second-order valence-corrected chi connectivity index (χ2v) is 11.8. The summed E-state index contributed by atoms with van der Waals surface area (Å²) in [6.45, 7) is 6.17. The van der Waals surface area contributed by atoms with Crippen molar-refractivity contribution in [1.82, 2.24) is 14.8 Å². The van der Waals surface area contributed by atoms with Crippen molar-refractivity contribution < 1.29 is 9.59 Å². The summed E-state index contributed by atoms with van der Waals surface area (Å²) < 4.78 is 0. The molecule has 0 bridgehead atoms. The van der Waals surface area contributed by atoms with Crippen LogP contribution in [0.15, 0.2) is 53.5 Å². The summed E-state index contributed by atoms with van der Waals surface area (Å²) in [5, 5.41) is 10.2. The number of amides is 2. The first kappa shape index (κ1) is 23.1. The molecule has 1 saturated heterocycles. The topological polar surface area (TPSA) is 89.7 Å². The molecule has 3 fully saturated rings. The number of aliphatic imine (C=N–C) groups is 1. The van der Waals surface area contributed by atoms with Crippen molar-refractivity contribution in [3.63, 3.8) is 0 Å². The Labute approximate surface area is 221 Å². The SMILES string of the molecule is Cc1cc(-c2ccc3ccc(C#N)nc3c2)ccc1C1=NC2(CC2)C(=O)N1CC1CN(C(=O)C2(C)CC2)C1. The van der Waals surface area contributed by atoms with Crippen molar-refractivity contribution >= 4 is 28.6 Å². The summed E-state index contributed by atoms with van der Waals surface area (Å²) in [5.41, 5.74) is 4.60. The minimum atomic E-state index is -0.566. The van der Waals surface area contributed by atoms with Gasteiger partial charge in [0.05, 0.1) is 5.52 Å². The summed E-state index contributed by atoms with van der Waals surface area (Å²) in [4.78, 5) is 39.3. The van der Waals surface area contributed by atoms with Crippen LogP contribution in [0.4, 0.5) is 0 Å². The number of rotatable bonds is 5. The number of pyridine rings is 1. The lowest BCUT2D eigenvalue weighted by molar-refractivity contribution is -0.143. The standard InChI is InChI=1S/C31H29N5O2/c1-19-13-22(23-4-3-21-5-7-24(15-32)33-26(21)14-23)6-8-25(19)27-34-31(11-12-31)29(38)36(27)18-20-16-35(17-20)28(37)30(2)9-10-30/h3-8,13-14,20H,9-12,16-18H2,1-2H3. The fourth-order valence-corrected chi connectivity index (χ4v) is 5.82. The molecule has 4 aliphatic rings. The maximum Gasteiger partial charge on any atom is 0.256 e. The van der Waals surface area contributed by atoms with Gasteiger partial charge in [0, 0.05) is 41.9 Å². The van der Waals surface area contributed by atoms with Gasteiger partial charge in [-0.25, -0.2) is 4.98 Å². The highest BCUT2D eigenvalue weighted by Crippen LogP contribution is 2.48.